The van der Waals surface area contributed by atoms with E-state index in [1.165, 1.54) is 12.8 Å². The van der Waals surface area contributed by atoms with Gasteiger partial charge in [-0.05, 0) is 44.2 Å². The summed E-state index contributed by atoms with van der Waals surface area (Å²) in [6.45, 7) is 1.95. The molecule has 0 radical (unpaired) electrons. The third-order valence-electron chi connectivity index (χ3n) is 6.94. The number of rotatable bonds is 5. The molecule has 0 aliphatic heterocycles. The third-order valence-corrected chi connectivity index (χ3v) is 6.94. The lowest BCUT2D eigenvalue weighted by Crippen LogP contribution is -2.28. The van der Waals surface area contributed by atoms with Crippen LogP contribution in [-0.2, 0) is 0 Å². The molecule has 0 amide bonds. The predicted molar refractivity (Wildman–Crippen MR) is 120 cm³/mol. The van der Waals surface area contributed by atoms with Crippen LogP contribution in [0.5, 0.6) is 0 Å². The van der Waals surface area contributed by atoms with Crippen LogP contribution in [-0.4, -0.2) is 34.7 Å². The van der Waals surface area contributed by atoms with E-state index in [2.05, 4.69) is 25.0 Å². The smallest absolute Gasteiger partial charge is 0.263 e. The van der Waals surface area contributed by atoms with Gasteiger partial charge in [-0.3, -0.25) is 9.78 Å². The van der Waals surface area contributed by atoms with Crippen molar-refractivity contribution in [1.82, 2.24) is 34.7 Å². The molecule has 3 unspecified atom stereocenters. The van der Waals surface area contributed by atoms with Crippen LogP contribution in [0.15, 0.2) is 35.5 Å². The van der Waals surface area contributed by atoms with Gasteiger partial charge in [0.25, 0.3) is 5.56 Å². The highest BCUT2D eigenvalue weighted by Crippen LogP contribution is 2.46. The molecule has 4 aromatic heterocycles. The molecule has 170 valence electrons. The lowest BCUT2D eigenvalue weighted by Gasteiger charge is -2.34. The van der Waals surface area contributed by atoms with Gasteiger partial charge in [-0.15, -0.1) is 0 Å². The molecule has 2 fully saturated rings. The summed E-state index contributed by atoms with van der Waals surface area (Å²) < 4.78 is 14.9. The molecule has 0 spiro atoms. The quantitative estimate of drug-likeness (QED) is 0.487. The van der Waals surface area contributed by atoms with Crippen LogP contribution in [0.3, 0.4) is 0 Å². The molecule has 10 heteroatoms. The van der Waals surface area contributed by atoms with Gasteiger partial charge in [0.05, 0.1) is 18.4 Å². The zero-order chi connectivity index (χ0) is 23.4. The second-order valence-electron chi connectivity index (χ2n) is 9.07. The lowest BCUT2D eigenvalue weighted by molar-refractivity contribution is 0.318. The average molecular weight is 456 g/mol. The van der Waals surface area contributed by atoms with Crippen LogP contribution in [0.2, 0.25) is 0 Å². The van der Waals surface area contributed by atoms with E-state index in [0.29, 0.717) is 23.2 Å². The van der Waals surface area contributed by atoms with E-state index in [1.54, 1.807) is 4.68 Å². The highest BCUT2D eigenvalue weighted by molar-refractivity contribution is 5.80. The number of halogens is 1. The van der Waals surface area contributed by atoms with E-state index in [-0.39, 0.29) is 29.0 Å². The number of aromatic amines is 1. The Morgan fingerprint density at radius 1 is 1.12 bits per heavy atom. The van der Waals surface area contributed by atoms with Gasteiger partial charge < -0.3 is 4.98 Å². The first kappa shape index (κ1) is 20.6. The van der Waals surface area contributed by atoms with E-state index in [0.717, 1.165) is 36.5 Å². The fraction of sp³-hybridized carbons (Fsp3) is 0.375. The van der Waals surface area contributed by atoms with Gasteiger partial charge in [0.15, 0.2) is 17.2 Å². The maximum atomic E-state index is 13.3. The van der Waals surface area contributed by atoms with Gasteiger partial charge in [-0.2, -0.15) is 10.4 Å². The number of fused-ring (bicyclic) bond motifs is 1. The Balaban J connectivity index is 1.40. The number of pyridine rings is 1. The zero-order valence-corrected chi connectivity index (χ0v) is 18.4. The van der Waals surface area contributed by atoms with Crippen LogP contribution in [0, 0.1) is 17.1 Å². The standard InChI is InChI=1S/C24H21FN8O/c1-12(14-4-7-18(27-9-14)13-2-3-13)33-23-20(19(8-26)32-33)24(34)31-22(30-23)17-6-5-16(17)21-28-10-15(25)11-29-21/h4,7,9-13,16-17H,2-3,5-6H2,1H3,(H,30,31,34). The summed E-state index contributed by atoms with van der Waals surface area (Å²) in [5.74, 6) is 0.928. The molecule has 9 nitrogen and oxygen atoms in total. The van der Waals surface area contributed by atoms with Crippen molar-refractivity contribution in [3.8, 4) is 6.07 Å². The molecule has 2 aliphatic rings. The Hall–Kier alpha value is -4.00. The summed E-state index contributed by atoms with van der Waals surface area (Å²) in [5, 5.41) is 14.2. The van der Waals surface area contributed by atoms with Crippen molar-refractivity contribution in [2.24, 2.45) is 0 Å². The van der Waals surface area contributed by atoms with Crippen LogP contribution in [0.4, 0.5) is 4.39 Å². The van der Waals surface area contributed by atoms with Crippen LogP contribution < -0.4 is 5.56 Å². The van der Waals surface area contributed by atoms with Crippen molar-refractivity contribution >= 4 is 11.0 Å². The maximum Gasteiger partial charge on any atom is 0.263 e. The molecular weight excluding hydrogens is 435 g/mol. The van der Waals surface area contributed by atoms with Crippen molar-refractivity contribution in [2.45, 2.75) is 56.4 Å². The summed E-state index contributed by atoms with van der Waals surface area (Å²) in [5.41, 5.74) is 2.01. The Bertz CT molecular complexity index is 1480. The molecule has 6 rings (SSSR count). The van der Waals surface area contributed by atoms with Crippen molar-refractivity contribution in [3.05, 3.63) is 75.5 Å². The average Bonchev–Trinajstić information content (AvgIpc) is 3.60. The van der Waals surface area contributed by atoms with Crippen LogP contribution >= 0.6 is 0 Å². The number of nitrogens with one attached hydrogen (secondary N) is 1. The first-order valence-corrected chi connectivity index (χ1v) is 11.4. The summed E-state index contributed by atoms with van der Waals surface area (Å²) in [7, 11) is 0. The molecule has 34 heavy (non-hydrogen) atoms. The van der Waals surface area contributed by atoms with Crippen molar-refractivity contribution in [1.29, 1.82) is 5.26 Å². The number of nitrogens with zero attached hydrogens (tertiary/aromatic N) is 7. The van der Waals surface area contributed by atoms with Gasteiger partial charge in [0.1, 0.15) is 23.1 Å². The van der Waals surface area contributed by atoms with Crippen LogP contribution in [0.1, 0.15) is 85.0 Å². The topological polar surface area (TPSA) is 126 Å². The number of aromatic nitrogens is 7. The Labute approximate surface area is 193 Å². The highest BCUT2D eigenvalue weighted by Gasteiger charge is 2.38. The van der Waals surface area contributed by atoms with E-state index in [1.807, 2.05) is 31.3 Å². The Kier molecular flexibility index (Phi) is 4.72. The van der Waals surface area contributed by atoms with Crippen LogP contribution in [0.25, 0.3) is 11.0 Å². The molecular formula is C24H21FN8O. The molecule has 1 N–H and O–H groups in total. The highest BCUT2D eigenvalue weighted by atomic mass is 19.1. The summed E-state index contributed by atoms with van der Waals surface area (Å²) in [4.78, 5) is 33.4. The minimum Gasteiger partial charge on any atom is -0.310 e. The van der Waals surface area contributed by atoms with Gasteiger partial charge >= 0.3 is 0 Å². The summed E-state index contributed by atoms with van der Waals surface area (Å²) in [6, 6.07) is 5.81. The monoisotopic (exact) mass is 456 g/mol. The molecule has 2 saturated carbocycles. The fourth-order valence-corrected chi connectivity index (χ4v) is 4.66. The number of hydrogen-bond donors (Lipinski definition) is 1. The zero-order valence-electron chi connectivity index (χ0n) is 18.4. The van der Waals surface area contributed by atoms with Gasteiger partial charge in [-0.25, -0.2) is 24.0 Å². The van der Waals surface area contributed by atoms with E-state index >= 15 is 0 Å². The lowest BCUT2D eigenvalue weighted by atomic mass is 9.72. The van der Waals surface area contributed by atoms with E-state index in [4.69, 9.17) is 4.98 Å². The van der Waals surface area contributed by atoms with Gasteiger partial charge in [-0.1, -0.05) is 6.07 Å². The third kappa shape index (κ3) is 3.36. The van der Waals surface area contributed by atoms with E-state index < -0.39 is 11.4 Å². The van der Waals surface area contributed by atoms with E-state index in [9.17, 15) is 14.4 Å². The second kappa shape index (κ2) is 7.80. The Morgan fingerprint density at radius 3 is 2.50 bits per heavy atom. The molecule has 2 aliphatic carbocycles. The second-order valence-corrected chi connectivity index (χ2v) is 9.07. The molecule has 4 heterocycles. The fourth-order valence-electron chi connectivity index (χ4n) is 4.66. The number of nitriles is 1. The summed E-state index contributed by atoms with van der Waals surface area (Å²) in [6.07, 6.45) is 8.10. The SMILES string of the molecule is CC(c1ccc(C2CC2)nc1)n1nc(C#N)c2c(=O)[nH]c(C3CCC3c3ncc(F)cn3)nc21. The molecule has 0 bridgehead atoms. The molecule has 0 aromatic carbocycles. The van der Waals surface area contributed by atoms with Crippen molar-refractivity contribution < 1.29 is 4.39 Å². The predicted octanol–water partition coefficient (Wildman–Crippen LogP) is 3.46. The van der Waals surface area contributed by atoms with Crippen molar-refractivity contribution in [2.75, 3.05) is 0 Å². The Morgan fingerprint density at radius 2 is 1.88 bits per heavy atom. The first-order chi connectivity index (χ1) is 16.5. The first-order valence-electron chi connectivity index (χ1n) is 11.4. The maximum absolute atomic E-state index is 13.3. The molecule has 3 atom stereocenters. The number of H-pyrrole nitrogens is 1. The number of hydrogen-bond acceptors (Lipinski definition) is 7. The molecule has 4 aromatic rings. The van der Waals surface area contributed by atoms with Gasteiger partial charge in [0.2, 0.25) is 0 Å². The minimum atomic E-state index is -0.492. The minimum absolute atomic E-state index is 0.0386. The normalized spacial score (nSPS) is 20.6. The van der Waals surface area contributed by atoms with Gasteiger partial charge in [0, 0.05) is 29.6 Å². The summed E-state index contributed by atoms with van der Waals surface area (Å²) >= 11 is 0. The van der Waals surface area contributed by atoms with Crippen molar-refractivity contribution in [3.63, 3.8) is 0 Å². The molecule has 0 saturated heterocycles. The largest absolute Gasteiger partial charge is 0.310 e.